The zero-order valence-corrected chi connectivity index (χ0v) is 13.6. The van der Waals surface area contributed by atoms with Crippen molar-refractivity contribution in [3.63, 3.8) is 0 Å². The van der Waals surface area contributed by atoms with E-state index < -0.39 is 17.5 Å². The summed E-state index contributed by atoms with van der Waals surface area (Å²) >= 11 is 5.90. The highest BCUT2D eigenvalue weighted by atomic mass is 35.5. The number of hydrogen-bond acceptors (Lipinski definition) is 3. The van der Waals surface area contributed by atoms with E-state index in [0.29, 0.717) is 11.3 Å². The molecule has 126 valence electrons. The summed E-state index contributed by atoms with van der Waals surface area (Å²) in [4.78, 5) is 12.0. The molecule has 7 heteroatoms. The standard InChI is InChI=1S/C18H12ClF2N3O/c19-13-5-3-7-15(21)12(13)10-18(25)22-17-9-8-16(23-24-17)11-4-1-2-6-14(11)20/h1-9H,10H2,(H,22,24,25). The van der Waals surface area contributed by atoms with Gasteiger partial charge in [-0.2, -0.15) is 0 Å². The maximum Gasteiger partial charge on any atom is 0.230 e. The van der Waals surface area contributed by atoms with Crippen molar-refractivity contribution < 1.29 is 13.6 Å². The molecule has 25 heavy (non-hydrogen) atoms. The summed E-state index contributed by atoms with van der Waals surface area (Å²) in [7, 11) is 0. The smallest absolute Gasteiger partial charge is 0.230 e. The van der Waals surface area contributed by atoms with Gasteiger partial charge in [0.15, 0.2) is 5.82 Å². The lowest BCUT2D eigenvalue weighted by atomic mass is 10.1. The number of amides is 1. The van der Waals surface area contributed by atoms with E-state index >= 15 is 0 Å². The maximum absolute atomic E-state index is 13.7. The van der Waals surface area contributed by atoms with Gasteiger partial charge in [0.1, 0.15) is 11.6 Å². The summed E-state index contributed by atoms with van der Waals surface area (Å²) in [5, 5.41) is 10.4. The predicted molar refractivity (Wildman–Crippen MR) is 91.2 cm³/mol. The lowest BCUT2D eigenvalue weighted by Gasteiger charge is -2.07. The summed E-state index contributed by atoms with van der Waals surface area (Å²) < 4.78 is 27.4. The Morgan fingerprint density at radius 2 is 1.72 bits per heavy atom. The largest absolute Gasteiger partial charge is 0.309 e. The maximum atomic E-state index is 13.7. The van der Waals surface area contributed by atoms with E-state index in [-0.39, 0.29) is 22.8 Å². The molecule has 0 aliphatic rings. The fourth-order valence-corrected chi connectivity index (χ4v) is 2.49. The van der Waals surface area contributed by atoms with Crippen LogP contribution in [-0.2, 0) is 11.2 Å². The van der Waals surface area contributed by atoms with E-state index in [1.165, 1.54) is 36.4 Å². The summed E-state index contributed by atoms with van der Waals surface area (Å²) in [5.74, 6) is -1.27. The molecule has 2 aromatic carbocycles. The van der Waals surface area contributed by atoms with Crippen molar-refractivity contribution in [3.05, 3.63) is 76.8 Å². The lowest BCUT2D eigenvalue weighted by molar-refractivity contribution is -0.115. The number of nitrogens with one attached hydrogen (secondary N) is 1. The minimum atomic E-state index is -0.552. The second-order valence-electron chi connectivity index (χ2n) is 5.21. The first-order valence-electron chi connectivity index (χ1n) is 7.36. The molecule has 3 rings (SSSR count). The van der Waals surface area contributed by atoms with E-state index in [4.69, 9.17) is 11.6 Å². The van der Waals surface area contributed by atoms with E-state index in [0.717, 1.165) is 0 Å². The van der Waals surface area contributed by atoms with Crippen LogP contribution in [0.15, 0.2) is 54.6 Å². The molecule has 0 atom stereocenters. The van der Waals surface area contributed by atoms with E-state index in [1.54, 1.807) is 18.2 Å². The monoisotopic (exact) mass is 359 g/mol. The molecule has 0 fully saturated rings. The van der Waals surface area contributed by atoms with Crippen LogP contribution in [0.25, 0.3) is 11.3 Å². The fraction of sp³-hybridized carbons (Fsp3) is 0.0556. The van der Waals surface area contributed by atoms with Gasteiger partial charge in [0.2, 0.25) is 5.91 Å². The van der Waals surface area contributed by atoms with Crippen molar-refractivity contribution >= 4 is 23.3 Å². The number of hydrogen-bond donors (Lipinski definition) is 1. The van der Waals surface area contributed by atoms with Gasteiger partial charge in [-0.1, -0.05) is 29.8 Å². The number of rotatable bonds is 4. The van der Waals surface area contributed by atoms with Crippen molar-refractivity contribution in [2.75, 3.05) is 5.32 Å². The molecule has 0 aliphatic heterocycles. The Morgan fingerprint density at radius 3 is 2.40 bits per heavy atom. The Bertz CT molecular complexity index is 896. The number of benzene rings is 2. The molecule has 0 unspecified atom stereocenters. The van der Waals surface area contributed by atoms with Crippen LogP contribution in [-0.4, -0.2) is 16.1 Å². The third kappa shape index (κ3) is 3.97. The third-order valence-corrected chi connectivity index (χ3v) is 3.83. The Labute approximate surface area is 147 Å². The van der Waals surface area contributed by atoms with Gasteiger partial charge in [0.05, 0.1) is 12.1 Å². The highest BCUT2D eigenvalue weighted by Crippen LogP contribution is 2.21. The van der Waals surface area contributed by atoms with Crippen molar-refractivity contribution in [1.29, 1.82) is 0 Å². The number of halogens is 3. The summed E-state index contributed by atoms with van der Waals surface area (Å²) in [6, 6.07) is 13.4. The third-order valence-electron chi connectivity index (χ3n) is 3.48. The van der Waals surface area contributed by atoms with Crippen LogP contribution in [0.1, 0.15) is 5.56 Å². The average Bonchev–Trinajstić information content (AvgIpc) is 2.60. The van der Waals surface area contributed by atoms with Crippen LogP contribution in [0.5, 0.6) is 0 Å². The normalized spacial score (nSPS) is 10.5. The van der Waals surface area contributed by atoms with E-state index in [9.17, 15) is 13.6 Å². The van der Waals surface area contributed by atoms with E-state index in [2.05, 4.69) is 15.5 Å². The van der Waals surface area contributed by atoms with Crippen LogP contribution in [0.3, 0.4) is 0 Å². The summed E-state index contributed by atoms with van der Waals surface area (Å²) in [5.41, 5.74) is 0.761. The highest BCUT2D eigenvalue weighted by molar-refractivity contribution is 6.31. The number of carbonyl (C=O) groups excluding carboxylic acids is 1. The molecule has 1 N–H and O–H groups in total. The Kier molecular flexibility index (Phi) is 5.00. The molecule has 0 spiro atoms. The molecule has 0 aliphatic carbocycles. The van der Waals surface area contributed by atoms with Crippen molar-refractivity contribution in [2.24, 2.45) is 0 Å². The first-order valence-corrected chi connectivity index (χ1v) is 7.74. The molecule has 1 aromatic heterocycles. The first kappa shape index (κ1) is 17.0. The Hall–Kier alpha value is -2.86. The quantitative estimate of drug-likeness (QED) is 0.757. The van der Waals surface area contributed by atoms with Gasteiger partial charge in [0.25, 0.3) is 0 Å². The van der Waals surface area contributed by atoms with Gasteiger partial charge in [0, 0.05) is 16.1 Å². The number of anilines is 1. The van der Waals surface area contributed by atoms with Crippen LogP contribution < -0.4 is 5.32 Å². The topological polar surface area (TPSA) is 54.9 Å². The summed E-state index contributed by atoms with van der Waals surface area (Å²) in [6.07, 6.45) is -0.234. The number of carbonyl (C=O) groups is 1. The second-order valence-corrected chi connectivity index (χ2v) is 5.62. The lowest BCUT2D eigenvalue weighted by Crippen LogP contribution is -2.16. The van der Waals surface area contributed by atoms with Gasteiger partial charge in [-0.3, -0.25) is 4.79 Å². The molecule has 3 aromatic rings. The minimum Gasteiger partial charge on any atom is -0.309 e. The van der Waals surface area contributed by atoms with Crippen molar-refractivity contribution in [3.8, 4) is 11.3 Å². The fourth-order valence-electron chi connectivity index (χ4n) is 2.26. The molecule has 0 bridgehead atoms. The molecule has 0 saturated carbocycles. The van der Waals surface area contributed by atoms with Crippen molar-refractivity contribution in [2.45, 2.75) is 6.42 Å². The van der Waals surface area contributed by atoms with Gasteiger partial charge in [-0.05, 0) is 36.4 Å². The average molecular weight is 360 g/mol. The number of aromatic nitrogens is 2. The zero-order chi connectivity index (χ0) is 17.8. The zero-order valence-electron chi connectivity index (χ0n) is 12.8. The molecule has 1 amide bonds. The first-order chi connectivity index (χ1) is 12.0. The van der Waals surface area contributed by atoms with Crippen LogP contribution in [0.4, 0.5) is 14.6 Å². The second kappa shape index (κ2) is 7.36. The van der Waals surface area contributed by atoms with E-state index in [1.807, 2.05) is 0 Å². The molecular formula is C18H12ClF2N3O. The molecular weight excluding hydrogens is 348 g/mol. The van der Waals surface area contributed by atoms with Gasteiger partial charge < -0.3 is 5.32 Å². The van der Waals surface area contributed by atoms with Crippen molar-refractivity contribution in [1.82, 2.24) is 10.2 Å². The number of nitrogens with zero attached hydrogens (tertiary/aromatic N) is 2. The molecule has 0 radical (unpaired) electrons. The minimum absolute atomic E-state index is 0.109. The Balaban J connectivity index is 1.71. The predicted octanol–water partition coefficient (Wildman–Crippen LogP) is 4.26. The molecule has 1 heterocycles. The SMILES string of the molecule is O=C(Cc1c(F)cccc1Cl)Nc1ccc(-c2ccccc2F)nn1. The summed E-state index contributed by atoms with van der Waals surface area (Å²) in [6.45, 7) is 0. The highest BCUT2D eigenvalue weighted by Gasteiger charge is 2.13. The van der Waals surface area contributed by atoms with Crippen LogP contribution in [0, 0.1) is 11.6 Å². The van der Waals surface area contributed by atoms with Gasteiger partial charge in [-0.25, -0.2) is 8.78 Å². The van der Waals surface area contributed by atoms with Crippen LogP contribution >= 0.6 is 11.6 Å². The van der Waals surface area contributed by atoms with Gasteiger partial charge >= 0.3 is 0 Å². The Morgan fingerprint density at radius 1 is 0.960 bits per heavy atom. The molecule has 0 saturated heterocycles. The molecule has 4 nitrogen and oxygen atoms in total. The van der Waals surface area contributed by atoms with Crippen LogP contribution in [0.2, 0.25) is 5.02 Å². The van der Waals surface area contributed by atoms with Gasteiger partial charge in [-0.15, -0.1) is 10.2 Å².